The summed E-state index contributed by atoms with van der Waals surface area (Å²) < 4.78 is 0. The van der Waals surface area contributed by atoms with Gasteiger partial charge in [0.05, 0.1) is 0 Å². The Balaban J connectivity index is 4.61. The molecule has 0 N–H and O–H groups in total. The summed E-state index contributed by atoms with van der Waals surface area (Å²) in [6, 6.07) is 11.3. The highest BCUT2D eigenvalue weighted by atomic mass is 35.6. The molecule has 0 aromatic heterocycles. The largest absolute Gasteiger partial charge is 0.170 e. The molecule has 1 rings (SSSR count). The van der Waals surface area contributed by atoms with Gasteiger partial charge in [-0.25, -0.2) is 0 Å². The Kier molecular flexibility index (Phi) is 10.4. The van der Waals surface area contributed by atoms with Crippen molar-refractivity contribution >= 4 is 65.8 Å². The van der Waals surface area contributed by atoms with E-state index in [1.807, 2.05) is 0 Å². The van der Waals surface area contributed by atoms with Gasteiger partial charge in [0.2, 0.25) is 0 Å². The van der Waals surface area contributed by atoms with Crippen LogP contribution in [0.1, 0.15) is 83.1 Å². The minimum atomic E-state index is -2.60. The van der Waals surface area contributed by atoms with Gasteiger partial charge in [-0.05, 0) is 33.2 Å². The summed E-state index contributed by atoms with van der Waals surface area (Å²) in [4.78, 5) is 0. The van der Waals surface area contributed by atoms with E-state index in [9.17, 15) is 0 Å². The molecule has 0 atom stereocenters. The molecule has 180 valence electrons. The number of hydrogen-bond donors (Lipinski definition) is 0. The zero-order chi connectivity index (χ0) is 24.6. The first kappa shape index (κ1) is 30.0. The van der Waals surface area contributed by atoms with Gasteiger partial charge >= 0.3 is 0 Å². The molecule has 0 aliphatic heterocycles. The van der Waals surface area contributed by atoms with Gasteiger partial charge in [-0.3, -0.25) is 0 Å². The van der Waals surface area contributed by atoms with Gasteiger partial charge in [-0.2, -0.15) is 33.2 Å². The predicted octanol–water partition coefficient (Wildman–Crippen LogP) is 9.59. The van der Waals surface area contributed by atoms with Crippen LogP contribution >= 0.6 is 33.2 Å². The molecule has 0 radical (unpaired) electrons. The zero-order valence-electron chi connectivity index (χ0n) is 22.0. The molecule has 0 aliphatic rings. The maximum Gasteiger partial charge on any atom is 0.155 e. The summed E-state index contributed by atoms with van der Waals surface area (Å²) in [6.45, 7) is 18.5. The Hall–Kier alpha value is 0.958. The van der Waals surface area contributed by atoms with E-state index < -0.39 is 27.3 Å². The Morgan fingerprint density at radius 3 is 0.871 bits per heavy atom. The van der Waals surface area contributed by atoms with Gasteiger partial charge in [-0.1, -0.05) is 119 Å². The van der Waals surface area contributed by atoms with Crippen molar-refractivity contribution < 1.29 is 0 Å². The van der Waals surface area contributed by atoms with Gasteiger partial charge in [-0.15, -0.1) is 0 Å². The summed E-state index contributed by atoms with van der Waals surface area (Å²) in [7, 11) is 0. The minimum absolute atomic E-state index is 0.423. The van der Waals surface area contributed by atoms with Crippen LogP contribution < -0.4 is 5.19 Å². The Morgan fingerprint density at radius 2 is 0.677 bits per heavy atom. The summed E-state index contributed by atoms with van der Waals surface area (Å²) in [5, 5.41) is 1.48. The third-order valence-corrected chi connectivity index (χ3v) is 92.4. The number of halogens is 3. The average molecular weight is 554 g/mol. The van der Waals surface area contributed by atoms with E-state index in [1.54, 1.807) is 0 Å². The first-order chi connectivity index (χ1) is 14.0. The molecule has 0 heterocycles. The van der Waals surface area contributed by atoms with E-state index in [2.05, 4.69) is 113 Å². The SMILES string of the molecule is CC(C)[Si](Cl)(C(C)C)[Si](c1ccccc1)([Si](Cl)(C(C)C)C(C)C)[Si](Cl)(C(C)C)C(C)C. The fourth-order valence-corrected chi connectivity index (χ4v) is 125. The monoisotopic (exact) mass is 552 g/mol. The number of rotatable bonds is 10. The lowest BCUT2D eigenvalue weighted by molar-refractivity contribution is 0.923. The van der Waals surface area contributed by atoms with Gasteiger partial charge in [0, 0.05) is 0 Å². The highest BCUT2D eigenvalue weighted by Crippen LogP contribution is 2.61. The van der Waals surface area contributed by atoms with E-state index in [0.717, 1.165) is 0 Å². The van der Waals surface area contributed by atoms with Crippen molar-refractivity contribution in [3.05, 3.63) is 30.3 Å². The molecule has 0 aliphatic carbocycles. The topological polar surface area (TPSA) is 0 Å². The molecule has 1 aromatic carbocycles. The predicted molar refractivity (Wildman–Crippen MR) is 157 cm³/mol. The van der Waals surface area contributed by atoms with Crippen LogP contribution in [-0.2, 0) is 0 Å². The van der Waals surface area contributed by atoms with E-state index in [0.29, 0.717) is 33.2 Å². The lowest BCUT2D eigenvalue weighted by Gasteiger charge is -2.65. The van der Waals surface area contributed by atoms with Crippen LogP contribution in [0.4, 0.5) is 0 Å². The van der Waals surface area contributed by atoms with E-state index in [4.69, 9.17) is 33.2 Å². The molecule has 0 unspecified atom stereocenters. The van der Waals surface area contributed by atoms with Crippen LogP contribution in [0, 0.1) is 0 Å². The second-order valence-electron chi connectivity index (χ2n) is 11.3. The van der Waals surface area contributed by atoms with Crippen LogP contribution in [-0.4, -0.2) is 27.3 Å². The zero-order valence-corrected chi connectivity index (χ0v) is 28.3. The maximum atomic E-state index is 8.31. The molecule has 31 heavy (non-hydrogen) atoms. The number of hydrogen-bond acceptors (Lipinski definition) is 0. The Morgan fingerprint density at radius 1 is 0.452 bits per heavy atom. The standard InChI is InChI=1S/C24H47Cl3Si4/c1-18(2)28(25,19(3)4)31(24-16-14-13-15-17-24,29(26,20(5)6)21(7)8)30(27,22(9)10)23(11)12/h13-23H,1-12H3. The van der Waals surface area contributed by atoms with Crippen molar-refractivity contribution in [3.8, 4) is 0 Å². The van der Waals surface area contributed by atoms with Crippen LogP contribution in [0.15, 0.2) is 30.3 Å². The summed E-state index contributed by atoms with van der Waals surface area (Å²) >= 11 is 24.9. The maximum absolute atomic E-state index is 8.31. The molecule has 7 heteroatoms. The molecule has 0 nitrogen and oxygen atoms in total. The molecule has 0 fully saturated rings. The lowest BCUT2D eigenvalue weighted by Crippen LogP contribution is -2.93. The van der Waals surface area contributed by atoms with E-state index in [-0.39, 0.29) is 0 Å². The van der Waals surface area contributed by atoms with Crippen LogP contribution in [0.2, 0.25) is 33.2 Å². The van der Waals surface area contributed by atoms with Crippen molar-refractivity contribution in [3.63, 3.8) is 0 Å². The third kappa shape index (κ3) is 4.27. The van der Waals surface area contributed by atoms with Gasteiger partial charge in [0.15, 0.2) is 20.7 Å². The second-order valence-corrected chi connectivity index (χ2v) is 52.1. The Labute approximate surface area is 211 Å². The van der Waals surface area contributed by atoms with Crippen LogP contribution in [0.3, 0.4) is 0 Å². The summed E-state index contributed by atoms with van der Waals surface area (Å²) in [5.74, 6) is 0. The third-order valence-electron chi connectivity index (χ3n) is 7.97. The highest BCUT2D eigenvalue weighted by molar-refractivity contribution is 8.08. The molecule has 0 bridgehead atoms. The van der Waals surface area contributed by atoms with Crippen LogP contribution in [0.5, 0.6) is 0 Å². The average Bonchev–Trinajstić information content (AvgIpc) is 2.67. The second kappa shape index (κ2) is 10.7. The molecular weight excluding hydrogens is 507 g/mol. The summed E-state index contributed by atoms with van der Waals surface area (Å²) in [6.07, 6.45) is 0. The van der Waals surface area contributed by atoms with E-state index >= 15 is 0 Å². The van der Waals surface area contributed by atoms with Crippen molar-refractivity contribution in [2.75, 3.05) is 0 Å². The molecule has 0 saturated heterocycles. The first-order valence-electron chi connectivity index (χ1n) is 12.1. The smallest absolute Gasteiger partial charge is 0.155 e. The molecule has 1 aromatic rings. The highest BCUT2D eigenvalue weighted by Gasteiger charge is 2.80. The van der Waals surface area contributed by atoms with Crippen molar-refractivity contribution in [2.45, 2.75) is 116 Å². The summed E-state index contributed by atoms with van der Waals surface area (Å²) in [5.41, 5.74) is 2.54. The van der Waals surface area contributed by atoms with Crippen LogP contribution in [0.25, 0.3) is 0 Å². The van der Waals surface area contributed by atoms with Crippen molar-refractivity contribution in [1.29, 1.82) is 0 Å². The van der Waals surface area contributed by atoms with Crippen molar-refractivity contribution in [2.24, 2.45) is 0 Å². The van der Waals surface area contributed by atoms with Gasteiger partial charge < -0.3 is 0 Å². The quantitative estimate of drug-likeness (QED) is 0.200. The minimum Gasteiger partial charge on any atom is -0.170 e. The normalized spacial score (nSPS) is 14.7. The van der Waals surface area contributed by atoms with Crippen molar-refractivity contribution in [1.82, 2.24) is 0 Å². The Bertz CT molecular complexity index is 613. The molecule has 0 spiro atoms. The molecule has 0 saturated carbocycles. The molecule has 0 amide bonds. The van der Waals surface area contributed by atoms with Gasteiger partial charge in [0.25, 0.3) is 0 Å². The number of benzene rings is 1. The fraction of sp³-hybridized carbons (Fsp3) is 0.750. The first-order valence-corrected chi connectivity index (χ1v) is 26.6. The lowest BCUT2D eigenvalue weighted by atomic mass is 10.4. The van der Waals surface area contributed by atoms with Gasteiger partial charge in [0.1, 0.15) is 6.63 Å². The van der Waals surface area contributed by atoms with E-state index in [1.165, 1.54) is 5.19 Å². The molecular formula is C24H47Cl3Si4. The fourth-order valence-electron chi connectivity index (χ4n) is 6.83.